The molecule has 0 aromatic heterocycles. The van der Waals surface area contributed by atoms with Crippen LogP contribution in [0.15, 0.2) is 18.2 Å². The van der Waals surface area contributed by atoms with Crippen molar-refractivity contribution >= 4 is 29.5 Å². The summed E-state index contributed by atoms with van der Waals surface area (Å²) >= 11 is 0. The number of likely N-dealkylation sites (tertiary alicyclic amines) is 1. The number of benzene rings is 1. The third-order valence-corrected chi connectivity index (χ3v) is 6.15. The summed E-state index contributed by atoms with van der Waals surface area (Å²) in [6.45, 7) is -0.281. The molecule has 1 saturated heterocycles. The maximum absolute atomic E-state index is 13.5. The first-order valence-corrected chi connectivity index (χ1v) is 9.97. The molecule has 2 fully saturated rings. The summed E-state index contributed by atoms with van der Waals surface area (Å²) in [6, 6.07) is 1.47. The lowest BCUT2D eigenvalue weighted by atomic mass is 9.96. The van der Waals surface area contributed by atoms with Gasteiger partial charge in [0, 0.05) is 19.5 Å². The van der Waals surface area contributed by atoms with Crippen molar-refractivity contribution in [2.45, 2.75) is 43.4 Å². The topological polar surface area (TPSA) is 142 Å². The molecule has 0 radical (unpaired) electrons. The van der Waals surface area contributed by atoms with E-state index in [0.717, 1.165) is 28.7 Å². The molecule has 1 aromatic carbocycles. The number of carboxylic acid groups (broad SMARTS) is 1. The Bertz CT molecular complexity index is 967. The molecule has 4 N–H and O–H groups in total. The second-order valence-electron chi connectivity index (χ2n) is 8.37. The molecule has 2 aliphatic heterocycles. The molecule has 3 aliphatic rings. The first-order valence-electron chi connectivity index (χ1n) is 9.97. The summed E-state index contributed by atoms with van der Waals surface area (Å²) in [6.07, 6.45) is 0.666. The highest BCUT2D eigenvalue weighted by atomic mass is 19.1. The molecular formula is C20H23FN4O6. The Balaban J connectivity index is 1.64. The fourth-order valence-corrected chi connectivity index (χ4v) is 4.20. The van der Waals surface area contributed by atoms with Crippen LogP contribution in [-0.4, -0.2) is 70.0 Å². The zero-order valence-electron chi connectivity index (χ0n) is 16.8. The van der Waals surface area contributed by atoms with Gasteiger partial charge in [-0.25, -0.2) is 9.18 Å². The van der Waals surface area contributed by atoms with Crippen LogP contribution in [0.5, 0.6) is 5.75 Å². The molecule has 4 amide bonds. The third-order valence-electron chi connectivity index (χ3n) is 6.15. The minimum atomic E-state index is -1.59. The van der Waals surface area contributed by atoms with Crippen molar-refractivity contribution in [3.05, 3.63) is 24.0 Å². The summed E-state index contributed by atoms with van der Waals surface area (Å²) in [5.41, 5.74) is 4.08. The normalized spacial score (nSPS) is 25.4. The standard InChI is InChI=1S/C20H23FN4O6/c1-24(19(29)30)13(6-10-2-3-10)17(27)25-9-20(8-14(25)16(22)26)18(28)23-12-7-11(21)4-5-15(12)31-20/h4-5,7,10,13-14H,2-3,6,8-9H2,1H3,(H2,22,26)(H,23,28)(H,29,30)/t13?,14-,20+/m0/s1. The molecule has 4 rings (SSSR count). The number of amides is 4. The highest BCUT2D eigenvalue weighted by Gasteiger charge is 2.57. The van der Waals surface area contributed by atoms with Crippen molar-refractivity contribution in [2.24, 2.45) is 11.7 Å². The number of nitrogens with two attached hydrogens (primary N) is 1. The van der Waals surface area contributed by atoms with Gasteiger partial charge in [-0.15, -0.1) is 0 Å². The first kappa shape index (κ1) is 20.9. The number of anilines is 1. The lowest BCUT2D eigenvalue weighted by molar-refractivity contribution is -0.142. The Morgan fingerprint density at radius 2 is 2.13 bits per heavy atom. The van der Waals surface area contributed by atoms with Crippen molar-refractivity contribution in [3.63, 3.8) is 0 Å². The Morgan fingerprint density at radius 3 is 2.74 bits per heavy atom. The van der Waals surface area contributed by atoms with Crippen molar-refractivity contribution in [1.82, 2.24) is 9.80 Å². The molecule has 1 saturated carbocycles. The number of hydrogen-bond donors (Lipinski definition) is 3. The van der Waals surface area contributed by atoms with Crippen LogP contribution in [0, 0.1) is 11.7 Å². The predicted octanol–water partition coefficient (Wildman–Crippen LogP) is 0.760. The van der Waals surface area contributed by atoms with Crippen LogP contribution in [-0.2, 0) is 14.4 Å². The molecule has 10 nitrogen and oxygen atoms in total. The number of nitrogens with zero attached hydrogens (tertiary/aromatic N) is 2. The van der Waals surface area contributed by atoms with E-state index in [1.807, 2.05) is 0 Å². The number of carbonyl (C=O) groups excluding carboxylic acids is 3. The smallest absolute Gasteiger partial charge is 0.407 e. The van der Waals surface area contributed by atoms with Crippen molar-refractivity contribution < 1.29 is 33.4 Å². The number of nitrogens with one attached hydrogen (secondary N) is 1. The number of fused-ring (bicyclic) bond motifs is 1. The number of primary amides is 1. The lowest BCUT2D eigenvalue weighted by Gasteiger charge is -2.35. The maximum Gasteiger partial charge on any atom is 0.407 e. The Labute approximate surface area is 177 Å². The second kappa shape index (κ2) is 7.40. The molecule has 1 aromatic rings. The van der Waals surface area contributed by atoms with Gasteiger partial charge in [0.05, 0.1) is 12.2 Å². The van der Waals surface area contributed by atoms with Crippen LogP contribution in [0.2, 0.25) is 0 Å². The lowest BCUT2D eigenvalue weighted by Crippen LogP contribution is -2.55. The number of hydrogen-bond acceptors (Lipinski definition) is 5. The zero-order chi connectivity index (χ0) is 22.5. The summed E-state index contributed by atoms with van der Waals surface area (Å²) in [4.78, 5) is 52.0. The largest absolute Gasteiger partial charge is 0.473 e. The predicted molar refractivity (Wildman–Crippen MR) is 105 cm³/mol. The molecule has 1 unspecified atom stereocenters. The molecule has 1 spiro atoms. The van der Waals surface area contributed by atoms with Gasteiger partial charge in [-0.1, -0.05) is 12.8 Å². The van der Waals surface area contributed by atoms with Crippen molar-refractivity contribution in [3.8, 4) is 5.75 Å². The van der Waals surface area contributed by atoms with E-state index < -0.39 is 47.3 Å². The van der Waals surface area contributed by atoms with Gasteiger partial charge in [0.15, 0.2) is 0 Å². The monoisotopic (exact) mass is 434 g/mol. The summed E-state index contributed by atoms with van der Waals surface area (Å²) in [7, 11) is 1.30. The van der Waals surface area contributed by atoms with Gasteiger partial charge < -0.3 is 25.8 Å². The van der Waals surface area contributed by atoms with Gasteiger partial charge in [0.2, 0.25) is 17.4 Å². The molecule has 11 heteroatoms. The SMILES string of the molecule is CN(C(=O)O)C(CC1CC1)C(=O)N1C[C@@]2(C[C@H]1C(N)=O)Oc1ccc(F)cc1NC2=O. The highest BCUT2D eigenvalue weighted by molar-refractivity contribution is 6.03. The van der Waals surface area contributed by atoms with Gasteiger partial charge >= 0.3 is 6.09 Å². The summed E-state index contributed by atoms with van der Waals surface area (Å²) < 4.78 is 19.4. The third kappa shape index (κ3) is 3.75. The van der Waals surface area contributed by atoms with E-state index in [4.69, 9.17) is 10.5 Å². The second-order valence-corrected chi connectivity index (χ2v) is 8.37. The van der Waals surface area contributed by atoms with E-state index in [-0.39, 0.29) is 30.3 Å². The van der Waals surface area contributed by atoms with Crippen LogP contribution in [0.3, 0.4) is 0 Å². The van der Waals surface area contributed by atoms with Gasteiger partial charge in [0.1, 0.15) is 23.7 Å². The van der Waals surface area contributed by atoms with E-state index in [1.54, 1.807) is 0 Å². The van der Waals surface area contributed by atoms with Crippen LogP contribution in [0.1, 0.15) is 25.7 Å². The van der Waals surface area contributed by atoms with E-state index in [2.05, 4.69) is 5.32 Å². The summed E-state index contributed by atoms with van der Waals surface area (Å²) in [5, 5.41) is 12.0. The molecule has 3 atom stereocenters. The minimum Gasteiger partial charge on any atom is -0.473 e. The fraction of sp³-hybridized carbons (Fsp3) is 0.500. The fourth-order valence-electron chi connectivity index (χ4n) is 4.20. The van der Waals surface area contributed by atoms with E-state index in [1.165, 1.54) is 19.2 Å². The highest BCUT2D eigenvalue weighted by Crippen LogP contribution is 2.41. The average Bonchev–Trinajstić information content (AvgIpc) is 3.45. The van der Waals surface area contributed by atoms with Gasteiger partial charge in [-0.3, -0.25) is 19.3 Å². The van der Waals surface area contributed by atoms with Crippen LogP contribution < -0.4 is 15.8 Å². The van der Waals surface area contributed by atoms with E-state index in [9.17, 15) is 28.7 Å². The van der Waals surface area contributed by atoms with Crippen molar-refractivity contribution in [1.29, 1.82) is 0 Å². The van der Waals surface area contributed by atoms with Gasteiger partial charge in [-0.2, -0.15) is 0 Å². The zero-order valence-corrected chi connectivity index (χ0v) is 16.8. The Hall–Kier alpha value is -3.37. The number of ether oxygens (including phenoxy) is 1. The molecular weight excluding hydrogens is 411 g/mol. The first-order chi connectivity index (χ1) is 14.6. The van der Waals surface area contributed by atoms with E-state index in [0.29, 0.717) is 6.42 Å². The van der Waals surface area contributed by atoms with Crippen LogP contribution in [0.25, 0.3) is 0 Å². The van der Waals surface area contributed by atoms with E-state index >= 15 is 0 Å². The number of rotatable bonds is 5. The van der Waals surface area contributed by atoms with Crippen LogP contribution >= 0.6 is 0 Å². The number of halogens is 1. The minimum absolute atomic E-state index is 0.147. The van der Waals surface area contributed by atoms with Gasteiger partial charge in [0.25, 0.3) is 5.91 Å². The molecule has 31 heavy (non-hydrogen) atoms. The molecule has 0 bridgehead atoms. The molecule has 2 heterocycles. The van der Waals surface area contributed by atoms with Crippen LogP contribution in [0.4, 0.5) is 14.9 Å². The molecule has 1 aliphatic carbocycles. The summed E-state index contributed by atoms with van der Waals surface area (Å²) in [5.74, 6) is -2.17. The Morgan fingerprint density at radius 1 is 1.42 bits per heavy atom. The van der Waals surface area contributed by atoms with Gasteiger partial charge in [-0.05, 0) is 24.5 Å². The van der Waals surface area contributed by atoms with Crippen molar-refractivity contribution in [2.75, 3.05) is 18.9 Å². The quantitative estimate of drug-likeness (QED) is 0.625. The molecule has 166 valence electrons. The average molecular weight is 434 g/mol. The number of likely N-dealkylation sites (N-methyl/N-ethyl adjacent to an activating group) is 1. The Kier molecular flexibility index (Phi) is 4.98. The number of carbonyl (C=O) groups is 4. The maximum atomic E-state index is 13.5.